The molecule has 0 radical (unpaired) electrons. The van der Waals surface area contributed by atoms with Crippen LogP contribution in [0.2, 0.25) is 0 Å². The van der Waals surface area contributed by atoms with E-state index in [4.69, 9.17) is 45.0 Å². The van der Waals surface area contributed by atoms with Gasteiger partial charge in [-0.15, -0.1) is 0 Å². The average molecular weight is 1070 g/mol. The highest BCUT2D eigenvalue weighted by Gasteiger charge is 2.35. The molecular weight excluding hydrogens is 1030 g/mol. The van der Waals surface area contributed by atoms with Crippen LogP contribution in [0.3, 0.4) is 0 Å². The predicted molar refractivity (Wildman–Crippen MR) is 360 cm³/mol. The van der Waals surface area contributed by atoms with Crippen molar-refractivity contribution in [1.29, 1.82) is 0 Å². The minimum atomic E-state index is 0.495. The zero-order valence-corrected chi connectivity index (χ0v) is 44.8. The number of hydrogen-bond donors (Lipinski definition) is 7. The molecule has 0 bridgehead atoms. The van der Waals surface area contributed by atoms with Crippen LogP contribution in [-0.4, -0.2) is 6.72 Å². The third-order valence-corrected chi connectivity index (χ3v) is 19.9. The van der Waals surface area contributed by atoms with Crippen LogP contribution in [0, 0.1) is 0 Å². The lowest BCUT2D eigenvalue weighted by atomic mass is 9.82. The highest BCUT2D eigenvalue weighted by atomic mass is 16.6. The van der Waals surface area contributed by atoms with Gasteiger partial charge in [0.2, 0.25) is 0 Å². The van der Waals surface area contributed by atoms with Gasteiger partial charge in [0, 0.05) is 39.6 Å². The molecule has 14 N–H and O–H groups in total. The second kappa shape index (κ2) is 14.5. The summed E-state index contributed by atoms with van der Waals surface area (Å²) in [5.41, 5.74) is 65.6. The molecule has 9 nitrogen and oxygen atoms in total. The first-order valence-electron chi connectivity index (χ1n) is 28.2. The van der Waals surface area contributed by atoms with Gasteiger partial charge in [-0.05, 0) is 222 Å². The van der Waals surface area contributed by atoms with Crippen molar-refractivity contribution in [2.75, 3.05) is 40.1 Å². The van der Waals surface area contributed by atoms with E-state index in [2.05, 4.69) is 145 Å². The topological polar surface area (TPSA) is 204 Å². The summed E-state index contributed by atoms with van der Waals surface area (Å²) in [5.74, 6) is 0.495. The minimum absolute atomic E-state index is 0.495. The number of fused-ring (bicyclic) bond motifs is 17. The molecule has 0 spiro atoms. The van der Waals surface area contributed by atoms with E-state index < -0.39 is 0 Å². The van der Waals surface area contributed by atoms with Gasteiger partial charge in [-0.2, -0.15) is 0 Å². The third-order valence-electron chi connectivity index (χ3n) is 19.9. The maximum Gasteiger partial charge on any atom is 0.181 e. The quantitative estimate of drug-likeness (QED) is 0.0225. The molecular formula is C75H44N8O. The molecule has 18 aromatic rings. The van der Waals surface area contributed by atoms with Crippen LogP contribution in [0.4, 0.5) is 39.8 Å². The Hall–Kier alpha value is -11.6. The Bertz CT molecular complexity index is 5950. The van der Waals surface area contributed by atoms with Crippen molar-refractivity contribution in [3.8, 4) is 72.5 Å². The Labute approximate surface area is 476 Å². The lowest BCUT2D eigenvalue weighted by Crippen LogP contribution is -1.98. The number of nitrogen functional groups attached to an aromatic ring is 7. The summed E-state index contributed by atoms with van der Waals surface area (Å²) in [6.07, 6.45) is 0. The summed E-state index contributed by atoms with van der Waals surface area (Å²) in [5, 5.41) is 33.6. The number of hydrogen-bond acceptors (Lipinski definition) is 9. The van der Waals surface area contributed by atoms with E-state index in [9.17, 15) is 0 Å². The van der Waals surface area contributed by atoms with E-state index in [1.807, 2.05) is 36.4 Å². The maximum absolute atomic E-state index is 7.76. The van der Waals surface area contributed by atoms with Gasteiger partial charge in [0.25, 0.3) is 0 Å². The normalized spacial score (nSPS) is 12.9. The Kier molecular flexibility index (Phi) is 7.63. The molecule has 20 rings (SSSR count). The highest BCUT2D eigenvalue weighted by molar-refractivity contribution is 6.52. The molecule has 0 heterocycles. The average Bonchev–Trinajstić information content (AvgIpc) is 1.53. The monoisotopic (exact) mass is 1070 g/mol. The lowest BCUT2D eigenvalue weighted by molar-refractivity contribution is 0.348. The first-order chi connectivity index (χ1) is 41.1. The number of anilines is 7. The van der Waals surface area contributed by atoms with Gasteiger partial charge >= 0.3 is 0 Å². The van der Waals surface area contributed by atoms with Gasteiger partial charge in [0.1, 0.15) is 0 Å². The molecule has 0 aliphatic heterocycles. The summed E-state index contributed by atoms with van der Waals surface area (Å²) in [7, 11) is 0. The number of nitrogens with zero attached hydrogens (tertiary/aromatic N) is 1. The van der Waals surface area contributed by atoms with Crippen LogP contribution in [-0.2, 0) is 0 Å². The molecule has 0 unspecified atom stereocenters. The van der Waals surface area contributed by atoms with Crippen molar-refractivity contribution >= 4 is 187 Å². The van der Waals surface area contributed by atoms with Gasteiger partial charge in [0.05, 0.1) is 28.4 Å². The Morgan fingerprint density at radius 2 is 0.583 bits per heavy atom. The molecule has 9 heteroatoms. The maximum atomic E-state index is 7.76. The van der Waals surface area contributed by atoms with Crippen molar-refractivity contribution in [3.05, 3.63) is 170 Å². The summed E-state index contributed by atoms with van der Waals surface area (Å²) in [6.45, 7) is 3.53. The smallest absolute Gasteiger partial charge is 0.181 e. The van der Waals surface area contributed by atoms with Crippen LogP contribution in [0.1, 0.15) is 0 Å². The van der Waals surface area contributed by atoms with Crippen LogP contribution in [0.15, 0.2) is 175 Å². The van der Waals surface area contributed by atoms with Crippen LogP contribution >= 0.6 is 0 Å². The Morgan fingerprint density at radius 1 is 0.250 bits per heavy atom. The summed E-state index contributed by atoms with van der Waals surface area (Å²) in [6, 6.07) is 61.5. The van der Waals surface area contributed by atoms with Crippen molar-refractivity contribution in [3.63, 3.8) is 0 Å². The Balaban J connectivity index is 0.839. The fraction of sp³-hybridized carbons (Fsp3) is 0. The summed E-state index contributed by atoms with van der Waals surface area (Å²) < 4.78 is 0. The van der Waals surface area contributed by atoms with Gasteiger partial charge in [-0.25, -0.2) is 0 Å². The standard InChI is InChI=1S/C75H44N8O/c1-83-84-57-29-51-43-11-9-35-39-15-21-47-66-46(20-14-38(62(39)66)34-8-10-42(64(43)60(34)35)50(51)28-56(57)80)70-71(47)75(82)73-49-23-17-41-37-13-19-45-65-44(18-12-36(61(37)65)40-16-22-48(67(49)63(40)41)72(73)74(70)81)68-58(30-6-24-52(76)54(78)26-30)32-4-2-3-5-33(32)59(69(45)68)31-7-25-53(77)55(79)27-31/h2-29H,1,76-82H2. The zero-order chi connectivity index (χ0) is 55.8. The largest absolute Gasteiger partial charge is 0.398 e. The van der Waals surface area contributed by atoms with Crippen molar-refractivity contribution in [2.45, 2.75) is 0 Å². The van der Waals surface area contributed by atoms with E-state index in [1.54, 1.807) is 0 Å². The molecule has 0 amide bonds. The molecule has 0 aromatic heterocycles. The molecule has 2 aliphatic carbocycles. The summed E-state index contributed by atoms with van der Waals surface area (Å²) in [4.78, 5) is 5.51. The van der Waals surface area contributed by atoms with Crippen molar-refractivity contribution in [2.24, 2.45) is 5.16 Å². The van der Waals surface area contributed by atoms with Crippen molar-refractivity contribution in [1.82, 2.24) is 0 Å². The number of benzene rings is 16. The van der Waals surface area contributed by atoms with E-state index in [1.165, 1.54) is 97.3 Å². The van der Waals surface area contributed by atoms with Crippen LogP contribution in [0.5, 0.6) is 5.75 Å². The minimum Gasteiger partial charge on any atom is -0.398 e. The van der Waals surface area contributed by atoms with Crippen LogP contribution < -0.4 is 45.0 Å². The number of oxime groups is 1. The van der Waals surface area contributed by atoms with Crippen molar-refractivity contribution < 1.29 is 4.84 Å². The van der Waals surface area contributed by atoms with Crippen LogP contribution in [0.25, 0.3) is 207 Å². The van der Waals surface area contributed by atoms with Gasteiger partial charge in [-0.3, -0.25) is 0 Å². The van der Waals surface area contributed by atoms with Gasteiger partial charge < -0.3 is 45.0 Å². The number of rotatable bonds is 4. The molecule has 390 valence electrons. The molecule has 18 aromatic carbocycles. The van der Waals surface area contributed by atoms with E-state index in [0.29, 0.717) is 34.2 Å². The molecule has 2 aliphatic rings. The summed E-state index contributed by atoms with van der Waals surface area (Å²) >= 11 is 0. The Morgan fingerprint density at radius 3 is 0.976 bits per heavy atom. The third kappa shape index (κ3) is 4.86. The second-order valence-electron chi connectivity index (χ2n) is 23.5. The van der Waals surface area contributed by atoms with E-state index >= 15 is 0 Å². The fourth-order valence-corrected chi connectivity index (χ4v) is 16.6. The van der Waals surface area contributed by atoms with Gasteiger partial charge in [-0.1, -0.05) is 139 Å². The zero-order valence-electron chi connectivity index (χ0n) is 44.8. The van der Waals surface area contributed by atoms with Gasteiger partial charge in [0.15, 0.2) is 5.75 Å². The molecule has 0 fully saturated rings. The SMILES string of the molecule is C=NOc1cc2c(cc1N)-c1ccc3c4ccc5c6c(N)c7c8ccc9c%10ccc%11c%12c(ccc(c%13ccc(c7c(N)c6c6ccc(c7ccc-2c1c37)c4c56)c8c9%13)c%12%10)-c1c-%11c(-c2ccc(N)c(N)c2)c2ccccc2c1-c1ccc(N)c(N)c1. The first kappa shape index (κ1) is 44.2. The molecule has 0 saturated carbocycles. The van der Waals surface area contributed by atoms with E-state index in [0.717, 1.165) is 121 Å². The fourth-order valence-electron chi connectivity index (χ4n) is 16.6. The second-order valence-corrected chi connectivity index (χ2v) is 23.5. The number of nitrogens with two attached hydrogens (primary N) is 7. The highest BCUT2D eigenvalue weighted by Crippen LogP contribution is 2.62. The lowest BCUT2D eigenvalue weighted by Gasteiger charge is -2.21. The molecule has 0 atom stereocenters. The molecule has 0 saturated heterocycles. The molecule has 84 heavy (non-hydrogen) atoms. The van der Waals surface area contributed by atoms with E-state index in [-0.39, 0.29) is 0 Å². The first-order valence-corrected chi connectivity index (χ1v) is 28.2. The predicted octanol–water partition coefficient (Wildman–Crippen LogP) is 18.1.